The van der Waals surface area contributed by atoms with Crippen molar-refractivity contribution < 1.29 is 14.6 Å². The molecule has 0 bridgehead atoms. The number of halogens is 1. The molecule has 2 aliphatic carbocycles. The molecule has 1 aromatic carbocycles. The molecule has 2 aliphatic rings. The Bertz CT molecular complexity index is 733. The van der Waals surface area contributed by atoms with Crippen LogP contribution in [0.1, 0.15) is 36.2 Å². The number of ketones is 1. The fourth-order valence-corrected chi connectivity index (χ4v) is 3.17. The summed E-state index contributed by atoms with van der Waals surface area (Å²) in [6, 6.07) is 3.63. The number of carbonyl (C=O) groups is 1. The Morgan fingerprint density at radius 3 is 2.82 bits per heavy atom. The molecule has 22 heavy (non-hydrogen) atoms. The lowest BCUT2D eigenvalue weighted by molar-refractivity contribution is 0.0553. The van der Waals surface area contributed by atoms with E-state index in [9.17, 15) is 9.90 Å². The molecule has 112 valence electrons. The summed E-state index contributed by atoms with van der Waals surface area (Å²) in [5.74, 6) is 0.621. The van der Waals surface area contributed by atoms with Crippen LogP contribution >= 0.6 is 15.9 Å². The topological polar surface area (TPSA) is 46.5 Å². The van der Waals surface area contributed by atoms with E-state index in [-0.39, 0.29) is 5.78 Å². The first-order valence-electron chi connectivity index (χ1n) is 7.11. The maximum absolute atomic E-state index is 12.5. The van der Waals surface area contributed by atoms with E-state index in [1.807, 2.05) is 12.1 Å². The van der Waals surface area contributed by atoms with Gasteiger partial charge >= 0.3 is 0 Å². The number of fused-ring (bicyclic) bond motifs is 2. The highest BCUT2D eigenvalue weighted by Gasteiger charge is 2.36. The summed E-state index contributed by atoms with van der Waals surface area (Å²) in [7, 11) is 0. The van der Waals surface area contributed by atoms with Gasteiger partial charge in [0.25, 0.3) is 0 Å². The van der Waals surface area contributed by atoms with Gasteiger partial charge in [-0.2, -0.15) is 0 Å². The van der Waals surface area contributed by atoms with Crippen LogP contribution in [0.15, 0.2) is 40.4 Å². The molecule has 0 spiro atoms. The lowest BCUT2D eigenvalue weighted by atomic mass is 10.0. The van der Waals surface area contributed by atoms with Crippen LogP contribution in [-0.2, 0) is 0 Å². The summed E-state index contributed by atoms with van der Waals surface area (Å²) in [6.07, 6.45) is 8.90. The van der Waals surface area contributed by atoms with Crippen LogP contribution in [0.3, 0.4) is 0 Å². The summed E-state index contributed by atoms with van der Waals surface area (Å²) in [5, 5.41) is 9.72. The molecule has 0 aliphatic heterocycles. The summed E-state index contributed by atoms with van der Waals surface area (Å²) >= 11 is 3.54. The maximum atomic E-state index is 12.5. The van der Waals surface area contributed by atoms with Gasteiger partial charge in [0.15, 0.2) is 0 Å². The molecule has 0 amide bonds. The van der Waals surface area contributed by atoms with Crippen molar-refractivity contribution in [1.82, 2.24) is 0 Å². The quantitative estimate of drug-likeness (QED) is 0.830. The van der Waals surface area contributed by atoms with Crippen LogP contribution < -0.4 is 4.74 Å². The van der Waals surface area contributed by atoms with E-state index >= 15 is 0 Å². The summed E-state index contributed by atoms with van der Waals surface area (Å²) in [5.41, 5.74) is 2.38. The highest BCUT2D eigenvalue weighted by atomic mass is 79.9. The van der Waals surface area contributed by atoms with E-state index in [4.69, 9.17) is 4.74 Å². The largest absolute Gasteiger partial charge is 0.493 e. The Morgan fingerprint density at radius 1 is 1.32 bits per heavy atom. The highest BCUT2D eigenvalue weighted by Crippen LogP contribution is 2.42. The zero-order valence-electron chi connectivity index (χ0n) is 12.4. The van der Waals surface area contributed by atoms with Gasteiger partial charge < -0.3 is 9.84 Å². The Kier molecular flexibility index (Phi) is 3.77. The monoisotopic (exact) mass is 359 g/mol. The molecule has 0 saturated heterocycles. The number of Topliss-reactive ketones (excluding diaryl/α,β-unsaturated/α-hetero) is 1. The number of hydrogen-bond donors (Lipinski definition) is 1. The van der Waals surface area contributed by atoms with E-state index in [2.05, 4.69) is 22.0 Å². The third kappa shape index (κ3) is 2.78. The number of hydrogen-bond acceptors (Lipinski definition) is 3. The molecule has 0 aromatic heterocycles. The zero-order valence-corrected chi connectivity index (χ0v) is 14.0. The molecule has 0 unspecified atom stereocenters. The molecular formula is C18H16BrO3+. The lowest BCUT2D eigenvalue weighted by Gasteiger charge is -2.17. The van der Waals surface area contributed by atoms with Crippen molar-refractivity contribution in [3.8, 4) is 5.75 Å². The van der Waals surface area contributed by atoms with Crippen LogP contribution in [0.5, 0.6) is 5.75 Å². The number of allylic oxidation sites excluding steroid dienone is 6. The molecule has 0 heterocycles. The molecule has 3 rings (SSSR count). The second-order valence-corrected chi connectivity index (χ2v) is 6.89. The van der Waals surface area contributed by atoms with Crippen LogP contribution in [0.25, 0.3) is 5.57 Å². The molecule has 0 fully saturated rings. The molecule has 1 aromatic rings. The minimum atomic E-state index is -0.768. The normalized spacial score (nSPS) is 15.7. The van der Waals surface area contributed by atoms with Crippen molar-refractivity contribution in [3.05, 3.63) is 57.6 Å². The van der Waals surface area contributed by atoms with Gasteiger partial charge in [-0.25, -0.2) is 0 Å². The van der Waals surface area contributed by atoms with Crippen LogP contribution in [-0.4, -0.2) is 23.1 Å². The van der Waals surface area contributed by atoms with Gasteiger partial charge in [0.05, 0.1) is 23.8 Å². The van der Waals surface area contributed by atoms with E-state index in [0.717, 1.165) is 15.6 Å². The number of carbonyl (C=O) groups excluding carboxylic acids is 1. The lowest BCUT2D eigenvalue weighted by Crippen LogP contribution is -2.21. The van der Waals surface area contributed by atoms with Gasteiger partial charge in [-0.15, -0.1) is 0 Å². The maximum Gasteiger partial charge on any atom is 0.250 e. The minimum Gasteiger partial charge on any atom is -0.493 e. The highest BCUT2D eigenvalue weighted by molar-refractivity contribution is 9.10. The van der Waals surface area contributed by atoms with E-state index in [1.54, 1.807) is 32.1 Å². The Balaban J connectivity index is 1.88. The molecule has 0 radical (unpaired) electrons. The number of ether oxygens (including phenoxy) is 1. The van der Waals surface area contributed by atoms with E-state index in [0.29, 0.717) is 29.9 Å². The number of rotatable bonds is 4. The second-order valence-electron chi connectivity index (χ2n) is 6.04. The van der Waals surface area contributed by atoms with Crippen LogP contribution in [0.4, 0.5) is 0 Å². The van der Waals surface area contributed by atoms with Gasteiger partial charge in [-0.1, -0.05) is 0 Å². The van der Waals surface area contributed by atoms with Gasteiger partial charge in [0, 0.05) is 22.5 Å². The smallest absolute Gasteiger partial charge is 0.250 e. The number of benzene rings is 1. The average molecular weight is 360 g/mol. The summed E-state index contributed by atoms with van der Waals surface area (Å²) in [4.78, 5) is 12.5. The van der Waals surface area contributed by atoms with Crippen molar-refractivity contribution in [2.24, 2.45) is 0 Å². The number of aliphatic hydroxyl groups is 1. The molecule has 0 saturated carbocycles. The van der Waals surface area contributed by atoms with Crippen molar-refractivity contribution >= 4 is 27.3 Å². The summed E-state index contributed by atoms with van der Waals surface area (Å²) in [6.45, 7) is 3.88. The molecular weight excluding hydrogens is 344 g/mol. The fourth-order valence-electron chi connectivity index (χ4n) is 2.52. The predicted octanol–water partition coefficient (Wildman–Crippen LogP) is 3.87. The zero-order chi connectivity index (χ0) is 15.9. The van der Waals surface area contributed by atoms with Gasteiger partial charge in [0.2, 0.25) is 5.78 Å². The van der Waals surface area contributed by atoms with Crippen molar-refractivity contribution in [1.29, 1.82) is 0 Å². The van der Waals surface area contributed by atoms with E-state index < -0.39 is 5.60 Å². The van der Waals surface area contributed by atoms with Crippen molar-refractivity contribution in [2.75, 3.05) is 6.61 Å². The van der Waals surface area contributed by atoms with Gasteiger partial charge in [-0.3, -0.25) is 4.79 Å². The second kappa shape index (κ2) is 5.47. The SMILES string of the molecule is CC(C)(O)CCOc1cc(Br)c2c(c1)C(=O)C1=C2C=C[C+]=C1. The van der Waals surface area contributed by atoms with Crippen molar-refractivity contribution in [3.63, 3.8) is 0 Å². The first-order valence-corrected chi connectivity index (χ1v) is 7.90. The predicted molar refractivity (Wildman–Crippen MR) is 88.8 cm³/mol. The Hall–Kier alpha value is -1.74. The Morgan fingerprint density at radius 2 is 2.09 bits per heavy atom. The molecule has 4 heteroatoms. The minimum absolute atomic E-state index is 0.00418. The first-order chi connectivity index (χ1) is 10.4. The first kappa shape index (κ1) is 15.2. The van der Waals surface area contributed by atoms with Crippen LogP contribution in [0.2, 0.25) is 0 Å². The standard InChI is InChI=1S/C18H16BrO3/c1-18(2,21)7-8-22-11-9-14-16(15(19)10-11)12-5-3-4-6-13(12)17(14)20/h3,5-6,9-10,21H,7-8H2,1-2H3/q+1. The summed E-state index contributed by atoms with van der Waals surface area (Å²) < 4.78 is 6.52. The van der Waals surface area contributed by atoms with Gasteiger partial charge in [-0.05, 0) is 41.9 Å². The fraction of sp³-hybridized carbons (Fsp3) is 0.278. The van der Waals surface area contributed by atoms with E-state index in [1.165, 1.54) is 0 Å². The molecule has 1 N–H and O–H groups in total. The molecule has 3 nitrogen and oxygen atoms in total. The Labute approximate surface area is 138 Å². The van der Waals surface area contributed by atoms with Crippen molar-refractivity contribution in [2.45, 2.75) is 25.9 Å². The van der Waals surface area contributed by atoms with Gasteiger partial charge in [0.1, 0.15) is 29.0 Å². The molecule has 0 atom stereocenters. The average Bonchev–Trinajstić information content (AvgIpc) is 2.72. The third-order valence-electron chi connectivity index (χ3n) is 3.67. The third-order valence-corrected chi connectivity index (χ3v) is 4.29. The van der Waals surface area contributed by atoms with Crippen LogP contribution in [0, 0.1) is 6.08 Å².